The van der Waals surface area contributed by atoms with Gasteiger partial charge in [0.05, 0.1) is 0 Å². The molecule has 0 aromatic rings. The molecule has 0 N–H and O–H groups in total. The molecule has 1 heteroatoms. The summed E-state index contributed by atoms with van der Waals surface area (Å²) in [5, 5.41) is 0. The van der Waals surface area contributed by atoms with E-state index in [4.69, 9.17) is 4.74 Å². The van der Waals surface area contributed by atoms with Crippen LogP contribution in [0.4, 0.5) is 0 Å². The van der Waals surface area contributed by atoms with Crippen LogP contribution in [-0.2, 0) is 4.74 Å². The SMILES string of the molecule is C1=CC(C2CCC3C(C2)C(C2CCC4=C(CCCC4)C2)C2CCCCC2C3C2CCC3CCCCC3C2)C2C(=C1)OC1=C2CCCC1. The second kappa shape index (κ2) is 12.8. The first kappa shape index (κ1) is 30.6. The Morgan fingerprint density at radius 3 is 2.09 bits per heavy atom. The van der Waals surface area contributed by atoms with Crippen LogP contribution in [0.3, 0.4) is 0 Å². The van der Waals surface area contributed by atoms with Gasteiger partial charge in [0.25, 0.3) is 0 Å². The number of fused-ring (bicyclic) bond motifs is 5. The van der Waals surface area contributed by atoms with E-state index < -0.39 is 0 Å². The molecule has 47 heavy (non-hydrogen) atoms. The van der Waals surface area contributed by atoms with Crippen molar-refractivity contribution in [2.45, 2.75) is 161 Å². The van der Waals surface area contributed by atoms with Crippen molar-refractivity contribution in [1.82, 2.24) is 0 Å². The first-order valence-electron chi connectivity index (χ1n) is 21.8. The Labute approximate surface area is 287 Å². The third-order valence-electron chi connectivity index (χ3n) is 17.5. The average molecular weight is 635 g/mol. The smallest absolute Gasteiger partial charge is 0.111 e. The summed E-state index contributed by atoms with van der Waals surface area (Å²) in [4.78, 5) is 0. The largest absolute Gasteiger partial charge is 0.465 e. The lowest BCUT2D eigenvalue weighted by Gasteiger charge is -2.62. The summed E-state index contributed by atoms with van der Waals surface area (Å²) in [5.41, 5.74) is 5.65. The maximum Gasteiger partial charge on any atom is 0.111 e. The van der Waals surface area contributed by atoms with Crippen LogP contribution in [0.15, 0.2) is 46.5 Å². The molecule has 5 saturated carbocycles. The van der Waals surface area contributed by atoms with E-state index in [1.54, 1.807) is 76.2 Å². The highest BCUT2D eigenvalue weighted by molar-refractivity contribution is 5.37. The summed E-state index contributed by atoms with van der Waals surface area (Å²) in [7, 11) is 0. The van der Waals surface area contributed by atoms with Crippen molar-refractivity contribution in [1.29, 1.82) is 0 Å². The third-order valence-corrected chi connectivity index (χ3v) is 17.5. The van der Waals surface area contributed by atoms with Gasteiger partial charge < -0.3 is 4.74 Å². The molecular weight excluding hydrogens is 569 g/mol. The molecule has 256 valence electrons. The van der Waals surface area contributed by atoms with E-state index in [-0.39, 0.29) is 0 Å². The van der Waals surface area contributed by atoms with Gasteiger partial charge in [-0.3, -0.25) is 0 Å². The fourth-order valence-corrected chi connectivity index (χ4v) is 15.8. The summed E-state index contributed by atoms with van der Waals surface area (Å²) in [5.74, 6) is 15.4. The van der Waals surface area contributed by atoms with Crippen LogP contribution in [0.2, 0.25) is 0 Å². The molecule has 10 rings (SSSR count). The highest BCUT2D eigenvalue weighted by Gasteiger charge is 2.57. The normalized spacial score (nSPS) is 47.8. The fourth-order valence-electron chi connectivity index (χ4n) is 15.8. The maximum absolute atomic E-state index is 6.66. The molecule has 1 heterocycles. The van der Waals surface area contributed by atoms with Gasteiger partial charge in [0.1, 0.15) is 11.5 Å². The lowest BCUT2D eigenvalue weighted by atomic mass is 9.43. The predicted molar refractivity (Wildman–Crippen MR) is 193 cm³/mol. The van der Waals surface area contributed by atoms with Gasteiger partial charge in [-0.15, -0.1) is 0 Å². The molecule has 0 aromatic heterocycles. The number of rotatable bonds is 3. The molecule has 1 aliphatic heterocycles. The molecule has 5 fully saturated rings. The summed E-state index contributed by atoms with van der Waals surface area (Å²) in [6.07, 6.45) is 45.0. The van der Waals surface area contributed by atoms with E-state index in [2.05, 4.69) is 18.2 Å². The van der Waals surface area contributed by atoms with Crippen molar-refractivity contribution in [3.63, 3.8) is 0 Å². The van der Waals surface area contributed by atoms with Gasteiger partial charge in [-0.1, -0.05) is 61.8 Å². The Morgan fingerprint density at radius 1 is 0.489 bits per heavy atom. The Hall–Kier alpha value is -1.24. The summed E-state index contributed by atoms with van der Waals surface area (Å²) in [6, 6.07) is 0. The number of hydrogen-bond donors (Lipinski definition) is 0. The van der Waals surface area contributed by atoms with Crippen molar-refractivity contribution in [2.75, 3.05) is 0 Å². The minimum absolute atomic E-state index is 0.586. The van der Waals surface area contributed by atoms with E-state index in [1.807, 2.05) is 11.1 Å². The molecule has 9 aliphatic carbocycles. The Kier molecular flexibility index (Phi) is 8.34. The predicted octanol–water partition coefficient (Wildman–Crippen LogP) is 12.9. The van der Waals surface area contributed by atoms with Crippen molar-refractivity contribution in [3.05, 3.63) is 46.5 Å². The summed E-state index contributed by atoms with van der Waals surface area (Å²) in [6.45, 7) is 0. The molecule has 10 aliphatic rings. The van der Waals surface area contributed by atoms with Gasteiger partial charge in [0.15, 0.2) is 0 Å². The van der Waals surface area contributed by atoms with Gasteiger partial charge in [-0.2, -0.15) is 0 Å². The molecule has 0 bridgehead atoms. The lowest BCUT2D eigenvalue weighted by Crippen LogP contribution is -2.55. The van der Waals surface area contributed by atoms with E-state index in [9.17, 15) is 0 Å². The standard InChI is InChI=1S/C46H66O/c1-3-12-31-26-34(22-20-29(31)10-1)44-37-14-5-6-15-38(37)45(35-23-21-30-11-2-4-13-32(30)27-35)41-28-33(24-25-39(41)44)36-17-9-19-43-46(36)40-16-7-8-18-42(40)47-43/h9,17,19,29,31,33-39,41,44-46H,1-8,10-16,18,20-28H2. The number of allylic oxidation sites excluding steroid dienone is 7. The Balaban J connectivity index is 0.988. The van der Waals surface area contributed by atoms with Gasteiger partial charge in [0.2, 0.25) is 0 Å². The molecule has 1 nitrogen and oxygen atoms in total. The first-order valence-corrected chi connectivity index (χ1v) is 21.8. The second-order valence-electron chi connectivity index (χ2n) is 19.2. The fraction of sp³-hybridized carbons (Fsp3) is 0.826. The van der Waals surface area contributed by atoms with Crippen molar-refractivity contribution >= 4 is 0 Å². The molecule has 0 spiro atoms. The Morgan fingerprint density at radius 2 is 1.19 bits per heavy atom. The molecule has 0 saturated heterocycles. The lowest BCUT2D eigenvalue weighted by molar-refractivity contribution is -0.125. The van der Waals surface area contributed by atoms with E-state index in [0.29, 0.717) is 11.8 Å². The van der Waals surface area contributed by atoms with Crippen molar-refractivity contribution < 1.29 is 4.74 Å². The van der Waals surface area contributed by atoms with Crippen LogP contribution in [0, 0.1) is 76.9 Å². The summed E-state index contributed by atoms with van der Waals surface area (Å²) >= 11 is 0. The van der Waals surface area contributed by atoms with E-state index in [0.717, 1.165) is 65.1 Å². The highest BCUT2D eigenvalue weighted by Crippen LogP contribution is 2.65. The molecule has 13 atom stereocenters. The van der Waals surface area contributed by atoms with Crippen molar-refractivity contribution in [3.8, 4) is 0 Å². The quantitative estimate of drug-likeness (QED) is 0.281. The number of ether oxygens (including phenoxy) is 1. The molecule has 13 unspecified atom stereocenters. The van der Waals surface area contributed by atoms with Crippen LogP contribution in [0.5, 0.6) is 0 Å². The van der Waals surface area contributed by atoms with Crippen LogP contribution >= 0.6 is 0 Å². The zero-order valence-corrected chi connectivity index (χ0v) is 29.8. The highest BCUT2D eigenvalue weighted by atomic mass is 16.5. The topological polar surface area (TPSA) is 9.23 Å². The molecule has 0 aromatic carbocycles. The minimum Gasteiger partial charge on any atom is -0.465 e. The molecule has 0 radical (unpaired) electrons. The van der Waals surface area contributed by atoms with Crippen LogP contribution in [-0.4, -0.2) is 0 Å². The van der Waals surface area contributed by atoms with Gasteiger partial charge in [-0.05, 0) is 198 Å². The van der Waals surface area contributed by atoms with E-state index >= 15 is 0 Å². The zero-order valence-electron chi connectivity index (χ0n) is 29.8. The second-order valence-corrected chi connectivity index (χ2v) is 19.2. The molecule has 0 amide bonds. The van der Waals surface area contributed by atoms with Gasteiger partial charge in [-0.25, -0.2) is 0 Å². The number of hydrogen-bond acceptors (Lipinski definition) is 1. The van der Waals surface area contributed by atoms with Crippen molar-refractivity contribution in [2.24, 2.45) is 76.9 Å². The van der Waals surface area contributed by atoms with Gasteiger partial charge >= 0.3 is 0 Å². The van der Waals surface area contributed by atoms with Crippen LogP contribution < -0.4 is 0 Å². The Bertz CT molecular complexity index is 1310. The third kappa shape index (κ3) is 5.34. The minimum atomic E-state index is 0.586. The van der Waals surface area contributed by atoms with Gasteiger partial charge in [0, 0.05) is 12.3 Å². The first-order chi connectivity index (χ1) is 23.3. The van der Waals surface area contributed by atoms with Crippen LogP contribution in [0.25, 0.3) is 0 Å². The average Bonchev–Trinajstić information content (AvgIpc) is 3.52. The maximum atomic E-state index is 6.66. The van der Waals surface area contributed by atoms with E-state index in [1.165, 1.54) is 101 Å². The monoisotopic (exact) mass is 635 g/mol. The van der Waals surface area contributed by atoms with Crippen LogP contribution in [0.1, 0.15) is 161 Å². The summed E-state index contributed by atoms with van der Waals surface area (Å²) < 4.78 is 6.66. The zero-order chi connectivity index (χ0) is 30.9. The molecular formula is C46H66O.